The molecule has 3 heteroatoms. The summed E-state index contributed by atoms with van der Waals surface area (Å²) in [6, 6.07) is 0. The van der Waals surface area contributed by atoms with E-state index in [4.69, 9.17) is 23.2 Å². The summed E-state index contributed by atoms with van der Waals surface area (Å²) in [5.74, 6) is 0. The minimum absolute atomic E-state index is 0.205. The van der Waals surface area contributed by atoms with E-state index in [1.807, 2.05) is 6.92 Å². The first-order valence-electron chi connectivity index (χ1n) is 2.52. The molecule has 0 radical (unpaired) electrons. The van der Waals surface area contributed by atoms with Crippen molar-refractivity contribution in [3.05, 3.63) is 0 Å². The van der Waals surface area contributed by atoms with E-state index in [1.165, 1.54) is 8.20 Å². The molecule has 0 fully saturated rings. The molecule has 0 aromatic carbocycles. The fraction of sp³-hybridized carbons (Fsp3) is 0.800. The Kier molecular flexibility index (Phi) is 1.86. The molecule has 0 amide bonds. The second-order valence-electron chi connectivity index (χ2n) is 2.12. The quantitative estimate of drug-likeness (QED) is 0.386. The third-order valence-electron chi connectivity index (χ3n) is 1.26. The Morgan fingerprint density at radius 3 is 2.50 bits per heavy atom. The Morgan fingerprint density at radius 2 is 2.38 bits per heavy atom. The topological polar surface area (TPSA) is 0 Å². The van der Waals surface area contributed by atoms with Crippen LogP contribution in [-0.4, -0.2) is 15.8 Å². The molecule has 0 saturated heterocycles. The molecule has 0 aliphatic carbocycles. The van der Waals surface area contributed by atoms with Crippen molar-refractivity contribution < 1.29 is 0 Å². The predicted octanol–water partition coefficient (Wildman–Crippen LogP) is 2.70. The fourth-order valence-electron chi connectivity index (χ4n) is 0.632. The predicted molar refractivity (Wildman–Crippen MR) is 41.5 cm³/mol. The van der Waals surface area contributed by atoms with Crippen LogP contribution in [0.5, 0.6) is 0 Å². The summed E-state index contributed by atoms with van der Waals surface area (Å²) >= 11 is 11.7. The summed E-state index contributed by atoms with van der Waals surface area (Å²) in [5, 5.41) is 0. The van der Waals surface area contributed by atoms with E-state index in [2.05, 4.69) is 0 Å². The molecule has 8 heavy (non-hydrogen) atoms. The summed E-state index contributed by atoms with van der Waals surface area (Å²) in [6.07, 6.45) is 2.15. The lowest BCUT2D eigenvalue weighted by molar-refractivity contribution is 0.819. The lowest BCUT2D eigenvalue weighted by Crippen LogP contribution is -2.18. The molecule has 0 nitrogen and oxygen atoms in total. The first-order chi connectivity index (χ1) is 3.63. The average molecular weight is 169 g/mol. The number of hydrogen-bond acceptors (Lipinski definition) is 0. The second-order valence-corrected chi connectivity index (χ2v) is 4.81. The second kappa shape index (κ2) is 2.17. The molecule has 1 aliphatic rings. The molecule has 0 bridgehead atoms. The first kappa shape index (κ1) is 6.86. The molecule has 0 aromatic heterocycles. The van der Waals surface area contributed by atoms with Gasteiger partial charge in [0.1, 0.15) is 0 Å². The minimum atomic E-state index is -0.205. The van der Waals surface area contributed by atoms with Crippen LogP contribution in [-0.2, 0) is 0 Å². The van der Waals surface area contributed by atoms with Gasteiger partial charge in [-0.25, -0.2) is 0 Å². The number of halogens is 2. The van der Waals surface area contributed by atoms with Crippen molar-refractivity contribution in [3.63, 3.8) is 0 Å². The van der Waals surface area contributed by atoms with Crippen molar-refractivity contribution in [2.75, 3.05) is 6.16 Å². The van der Waals surface area contributed by atoms with Crippen molar-refractivity contribution in [3.8, 4) is 0 Å². The Balaban J connectivity index is 2.73. The van der Waals surface area contributed by atoms with Crippen LogP contribution in [0.4, 0.5) is 0 Å². The van der Waals surface area contributed by atoms with E-state index in [0.717, 1.165) is 17.3 Å². The minimum Gasteiger partial charge on any atom is -0.113 e. The van der Waals surface area contributed by atoms with E-state index in [9.17, 15) is 0 Å². The summed E-state index contributed by atoms with van der Waals surface area (Å²) < 4.78 is 0.902. The van der Waals surface area contributed by atoms with Gasteiger partial charge in [0.15, 0.2) is 0 Å². The molecule has 0 N–H and O–H groups in total. The molecule has 1 rings (SSSR count). The molecule has 46 valence electrons. The smallest absolute Gasteiger partial charge is 0.0819 e. The standard InChI is InChI=1S/C5H7Cl2P/c1-5(7)2-3-8-4(5)6/h2-3H2,1H3. The molecule has 0 aromatic rings. The van der Waals surface area contributed by atoms with Crippen LogP contribution in [0.2, 0.25) is 0 Å². The molecule has 1 heterocycles. The van der Waals surface area contributed by atoms with Gasteiger partial charge in [-0.05, 0) is 19.5 Å². The van der Waals surface area contributed by atoms with Gasteiger partial charge in [0.2, 0.25) is 0 Å². The van der Waals surface area contributed by atoms with Crippen LogP contribution < -0.4 is 0 Å². The molecule has 0 saturated carbocycles. The third kappa shape index (κ3) is 1.18. The zero-order valence-electron chi connectivity index (χ0n) is 4.62. The normalized spacial score (nSPS) is 39.6. The van der Waals surface area contributed by atoms with Gasteiger partial charge >= 0.3 is 0 Å². The van der Waals surface area contributed by atoms with Gasteiger partial charge in [-0.1, -0.05) is 19.8 Å². The lowest BCUT2D eigenvalue weighted by Gasteiger charge is -2.12. The van der Waals surface area contributed by atoms with Crippen molar-refractivity contribution in [2.24, 2.45) is 0 Å². The van der Waals surface area contributed by atoms with Gasteiger partial charge in [0.05, 0.1) is 9.63 Å². The Hall–Kier alpha value is 0.750. The maximum Gasteiger partial charge on any atom is 0.0819 e. The van der Waals surface area contributed by atoms with Gasteiger partial charge in [-0.3, -0.25) is 0 Å². The number of rotatable bonds is 0. The average Bonchev–Trinajstić information content (AvgIpc) is 1.86. The number of hydrogen-bond donors (Lipinski definition) is 0. The van der Waals surface area contributed by atoms with Gasteiger partial charge in [-0.15, -0.1) is 11.6 Å². The van der Waals surface area contributed by atoms with Crippen molar-refractivity contribution in [1.82, 2.24) is 0 Å². The van der Waals surface area contributed by atoms with E-state index in [0.29, 0.717) is 0 Å². The van der Waals surface area contributed by atoms with Crippen molar-refractivity contribution in [2.45, 2.75) is 18.2 Å². The number of alkyl halides is 1. The highest BCUT2D eigenvalue weighted by molar-refractivity contribution is 7.47. The van der Waals surface area contributed by atoms with Crippen LogP contribution in [0, 0.1) is 0 Å². The largest absolute Gasteiger partial charge is 0.113 e. The van der Waals surface area contributed by atoms with Gasteiger partial charge in [0.25, 0.3) is 0 Å². The first-order valence-corrected chi connectivity index (χ1v) is 4.36. The molecule has 0 spiro atoms. The zero-order chi connectivity index (χ0) is 6.20. The zero-order valence-corrected chi connectivity index (χ0v) is 7.02. The van der Waals surface area contributed by atoms with E-state index < -0.39 is 0 Å². The van der Waals surface area contributed by atoms with E-state index in [-0.39, 0.29) is 4.87 Å². The Morgan fingerprint density at radius 1 is 1.75 bits per heavy atom. The van der Waals surface area contributed by atoms with Gasteiger partial charge in [-0.2, -0.15) is 0 Å². The fourth-order valence-corrected chi connectivity index (χ4v) is 2.58. The Bertz CT molecular complexity index is 128. The Labute approximate surface area is 61.0 Å². The molecule has 1 aliphatic heterocycles. The van der Waals surface area contributed by atoms with E-state index >= 15 is 0 Å². The highest BCUT2D eigenvalue weighted by atomic mass is 35.5. The monoisotopic (exact) mass is 168 g/mol. The summed E-state index contributed by atoms with van der Waals surface area (Å²) in [5.41, 5.74) is 0. The SMILES string of the molecule is CC1(Cl)CCP=C1Cl. The van der Waals surface area contributed by atoms with Crippen LogP contribution in [0.1, 0.15) is 13.3 Å². The summed E-state index contributed by atoms with van der Waals surface area (Å²) in [7, 11) is 1.22. The van der Waals surface area contributed by atoms with Crippen LogP contribution in [0.3, 0.4) is 0 Å². The van der Waals surface area contributed by atoms with Crippen molar-refractivity contribution in [1.29, 1.82) is 0 Å². The van der Waals surface area contributed by atoms with Crippen LogP contribution in [0.15, 0.2) is 0 Å². The molecule has 1 atom stereocenters. The molecular formula is C5H7Cl2P. The van der Waals surface area contributed by atoms with E-state index in [1.54, 1.807) is 0 Å². The summed E-state index contributed by atoms with van der Waals surface area (Å²) in [4.78, 5) is -0.205. The highest BCUT2D eigenvalue weighted by Gasteiger charge is 2.28. The maximum absolute atomic E-state index is 5.94. The van der Waals surface area contributed by atoms with Crippen LogP contribution >= 0.6 is 31.4 Å². The van der Waals surface area contributed by atoms with Gasteiger partial charge in [0, 0.05) is 0 Å². The van der Waals surface area contributed by atoms with Crippen LogP contribution in [0.25, 0.3) is 0 Å². The van der Waals surface area contributed by atoms with Gasteiger partial charge < -0.3 is 0 Å². The molecule has 1 unspecified atom stereocenters. The lowest BCUT2D eigenvalue weighted by atomic mass is 10.1. The third-order valence-corrected chi connectivity index (χ3v) is 3.86. The molecular weight excluding hydrogens is 162 g/mol. The summed E-state index contributed by atoms with van der Waals surface area (Å²) in [6.45, 7) is 1.97. The maximum atomic E-state index is 5.94. The van der Waals surface area contributed by atoms with Crippen molar-refractivity contribution >= 4 is 36.2 Å². The highest BCUT2D eigenvalue weighted by Crippen LogP contribution is 2.34.